The van der Waals surface area contributed by atoms with E-state index in [0.717, 1.165) is 35.5 Å². The summed E-state index contributed by atoms with van der Waals surface area (Å²) in [5, 5.41) is 0. The maximum absolute atomic E-state index is 11.1. The van der Waals surface area contributed by atoms with Gasteiger partial charge in [-0.05, 0) is 42.2 Å². The lowest BCUT2D eigenvalue weighted by Gasteiger charge is -2.13. The van der Waals surface area contributed by atoms with E-state index in [1.807, 2.05) is 31.2 Å². The van der Waals surface area contributed by atoms with Crippen LogP contribution in [0.5, 0.6) is 5.75 Å². The molecule has 0 spiro atoms. The third kappa shape index (κ3) is 7.46. The Kier molecular flexibility index (Phi) is 8.90. The van der Waals surface area contributed by atoms with Crippen molar-refractivity contribution < 1.29 is 14.3 Å². The van der Waals surface area contributed by atoms with Crippen molar-refractivity contribution in [2.45, 2.75) is 65.4 Å². The molecular formula is C24H32O3. The van der Waals surface area contributed by atoms with E-state index in [2.05, 4.69) is 31.2 Å². The Hall–Kier alpha value is -2.29. The van der Waals surface area contributed by atoms with Crippen LogP contribution in [0.4, 0.5) is 0 Å². The minimum atomic E-state index is -0.261. The summed E-state index contributed by atoms with van der Waals surface area (Å²) in [6.45, 7) is 6.34. The Labute approximate surface area is 163 Å². The highest BCUT2D eigenvalue weighted by atomic mass is 16.5. The largest absolute Gasteiger partial charge is 0.494 e. The van der Waals surface area contributed by atoms with Crippen molar-refractivity contribution >= 4 is 5.97 Å². The highest BCUT2D eigenvalue weighted by molar-refractivity contribution is 5.67. The predicted molar refractivity (Wildman–Crippen MR) is 111 cm³/mol. The number of hydrogen-bond acceptors (Lipinski definition) is 3. The van der Waals surface area contributed by atoms with Crippen molar-refractivity contribution in [2.24, 2.45) is 0 Å². The monoisotopic (exact) mass is 368 g/mol. The molecule has 3 heteroatoms. The molecule has 1 unspecified atom stereocenters. The molecule has 0 aliphatic carbocycles. The van der Waals surface area contributed by atoms with Crippen molar-refractivity contribution in [1.82, 2.24) is 0 Å². The van der Waals surface area contributed by atoms with Crippen LogP contribution in [-0.2, 0) is 9.53 Å². The number of carbonyl (C=O) groups is 1. The summed E-state index contributed by atoms with van der Waals surface area (Å²) in [5.74, 6) is 0.663. The lowest BCUT2D eigenvalue weighted by Crippen LogP contribution is -2.04. The van der Waals surface area contributed by atoms with Crippen LogP contribution in [0.3, 0.4) is 0 Å². The lowest BCUT2D eigenvalue weighted by molar-refractivity contribution is -0.145. The summed E-state index contributed by atoms with van der Waals surface area (Å²) in [4.78, 5) is 11.1. The molecule has 2 aromatic rings. The summed E-state index contributed by atoms with van der Waals surface area (Å²) in [5.41, 5.74) is 3.28. The molecule has 2 aromatic carbocycles. The normalized spacial score (nSPS) is 11.8. The van der Waals surface area contributed by atoms with Gasteiger partial charge in [-0.1, -0.05) is 75.4 Å². The van der Waals surface area contributed by atoms with E-state index >= 15 is 0 Å². The molecule has 2 rings (SSSR count). The molecule has 0 N–H and O–H groups in total. The number of benzene rings is 2. The first-order valence-corrected chi connectivity index (χ1v) is 10.1. The minimum absolute atomic E-state index is 0.228. The Morgan fingerprint density at radius 3 is 2.00 bits per heavy atom. The van der Waals surface area contributed by atoms with E-state index in [1.54, 1.807) is 0 Å². The fourth-order valence-corrected chi connectivity index (χ4v) is 3.08. The van der Waals surface area contributed by atoms with Gasteiger partial charge in [0.25, 0.3) is 0 Å². The van der Waals surface area contributed by atoms with Gasteiger partial charge in [-0.15, -0.1) is 0 Å². The van der Waals surface area contributed by atoms with Crippen LogP contribution in [0.25, 0.3) is 11.1 Å². The van der Waals surface area contributed by atoms with Crippen molar-refractivity contribution in [3.8, 4) is 16.9 Å². The molecule has 146 valence electrons. The zero-order chi connectivity index (χ0) is 19.5. The number of unbranched alkanes of at least 4 members (excludes halogenated alkanes) is 5. The summed E-state index contributed by atoms with van der Waals surface area (Å²) in [7, 11) is 0. The highest BCUT2D eigenvalue weighted by Crippen LogP contribution is 2.25. The molecule has 0 aliphatic rings. The number of ether oxygens (including phenoxy) is 2. The number of carbonyl (C=O) groups excluding carboxylic acids is 1. The second kappa shape index (κ2) is 11.4. The van der Waals surface area contributed by atoms with Crippen molar-refractivity contribution in [3.63, 3.8) is 0 Å². The van der Waals surface area contributed by atoms with Crippen LogP contribution >= 0.6 is 0 Å². The summed E-state index contributed by atoms with van der Waals surface area (Å²) >= 11 is 0. The molecule has 3 nitrogen and oxygen atoms in total. The van der Waals surface area contributed by atoms with E-state index in [0.29, 0.717) is 0 Å². The Morgan fingerprint density at radius 1 is 0.852 bits per heavy atom. The molecule has 0 saturated heterocycles. The van der Waals surface area contributed by atoms with Gasteiger partial charge in [0.2, 0.25) is 0 Å². The Morgan fingerprint density at radius 2 is 1.41 bits per heavy atom. The predicted octanol–water partition coefficient (Wildman–Crippen LogP) is 6.72. The molecule has 0 saturated carbocycles. The quantitative estimate of drug-likeness (QED) is 0.326. The second-order valence-electron chi connectivity index (χ2n) is 7.01. The minimum Gasteiger partial charge on any atom is -0.494 e. The van der Waals surface area contributed by atoms with E-state index in [1.165, 1.54) is 39.0 Å². The third-order valence-corrected chi connectivity index (χ3v) is 4.68. The van der Waals surface area contributed by atoms with Gasteiger partial charge in [0.1, 0.15) is 11.9 Å². The van der Waals surface area contributed by atoms with Crippen LogP contribution in [0.15, 0.2) is 48.5 Å². The molecule has 0 aliphatic heterocycles. The first-order chi connectivity index (χ1) is 13.1. The zero-order valence-corrected chi connectivity index (χ0v) is 16.9. The van der Waals surface area contributed by atoms with Gasteiger partial charge in [-0.2, -0.15) is 0 Å². The third-order valence-electron chi connectivity index (χ3n) is 4.68. The summed E-state index contributed by atoms with van der Waals surface area (Å²) in [6.07, 6.45) is 7.41. The van der Waals surface area contributed by atoms with Crippen molar-refractivity contribution in [3.05, 3.63) is 54.1 Å². The van der Waals surface area contributed by atoms with Gasteiger partial charge in [0.15, 0.2) is 0 Å². The van der Waals surface area contributed by atoms with Crippen LogP contribution < -0.4 is 4.74 Å². The van der Waals surface area contributed by atoms with Gasteiger partial charge in [-0.25, -0.2) is 0 Å². The number of rotatable bonds is 11. The molecule has 0 heterocycles. The molecule has 0 radical (unpaired) electrons. The average molecular weight is 369 g/mol. The fourth-order valence-electron chi connectivity index (χ4n) is 3.08. The van der Waals surface area contributed by atoms with Gasteiger partial charge in [-0.3, -0.25) is 4.79 Å². The first kappa shape index (κ1) is 21.0. The van der Waals surface area contributed by atoms with Gasteiger partial charge >= 0.3 is 5.97 Å². The molecular weight excluding hydrogens is 336 g/mol. The van der Waals surface area contributed by atoms with Crippen molar-refractivity contribution in [1.29, 1.82) is 0 Å². The van der Waals surface area contributed by atoms with Crippen LogP contribution in [0.2, 0.25) is 0 Å². The molecule has 0 fully saturated rings. The average Bonchev–Trinajstić information content (AvgIpc) is 2.67. The SMILES string of the molecule is CCCCCCCCOc1ccc(-c2ccc(C(C)OC(C)=O)cc2)cc1. The second-order valence-corrected chi connectivity index (χ2v) is 7.01. The molecule has 0 amide bonds. The zero-order valence-electron chi connectivity index (χ0n) is 16.9. The smallest absolute Gasteiger partial charge is 0.303 e. The first-order valence-electron chi connectivity index (χ1n) is 10.1. The standard InChI is InChI=1S/C24H32O3/c1-4-5-6-7-8-9-18-26-24-16-14-23(15-17-24)22-12-10-21(11-13-22)19(2)27-20(3)25/h10-17,19H,4-9,18H2,1-3H3. The summed E-state index contributed by atoms with van der Waals surface area (Å²) in [6, 6.07) is 16.4. The number of hydrogen-bond donors (Lipinski definition) is 0. The van der Waals surface area contributed by atoms with Crippen LogP contribution in [0, 0.1) is 0 Å². The maximum Gasteiger partial charge on any atom is 0.303 e. The number of esters is 1. The van der Waals surface area contributed by atoms with E-state index in [4.69, 9.17) is 9.47 Å². The van der Waals surface area contributed by atoms with Gasteiger partial charge in [0.05, 0.1) is 6.61 Å². The molecule has 0 bridgehead atoms. The van der Waals surface area contributed by atoms with E-state index in [-0.39, 0.29) is 12.1 Å². The van der Waals surface area contributed by atoms with Crippen LogP contribution in [-0.4, -0.2) is 12.6 Å². The maximum atomic E-state index is 11.1. The van der Waals surface area contributed by atoms with E-state index < -0.39 is 0 Å². The molecule has 27 heavy (non-hydrogen) atoms. The van der Waals surface area contributed by atoms with Gasteiger partial charge in [0, 0.05) is 6.92 Å². The topological polar surface area (TPSA) is 35.5 Å². The van der Waals surface area contributed by atoms with Crippen LogP contribution in [0.1, 0.15) is 71.0 Å². The fraction of sp³-hybridized carbons (Fsp3) is 0.458. The molecule has 0 aromatic heterocycles. The highest BCUT2D eigenvalue weighted by Gasteiger charge is 2.08. The summed E-state index contributed by atoms with van der Waals surface area (Å²) < 4.78 is 11.1. The Balaban J connectivity index is 1.81. The Bertz CT molecular complexity index is 674. The van der Waals surface area contributed by atoms with Gasteiger partial charge < -0.3 is 9.47 Å². The molecule has 1 atom stereocenters. The lowest BCUT2D eigenvalue weighted by atomic mass is 10.0. The van der Waals surface area contributed by atoms with Crippen molar-refractivity contribution in [2.75, 3.05) is 6.61 Å². The van der Waals surface area contributed by atoms with E-state index in [9.17, 15) is 4.79 Å².